The molecular weight excluding hydrogens is 510 g/mol. The van der Waals surface area contributed by atoms with Crippen LogP contribution in [0.1, 0.15) is 56.3 Å². The minimum absolute atomic E-state index is 0.0344. The first kappa shape index (κ1) is 27.1. The van der Waals surface area contributed by atoms with Crippen LogP contribution in [-0.4, -0.2) is 59.3 Å². The number of rotatable bonds is 7. The molecule has 0 saturated heterocycles. The molecule has 39 heavy (non-hydrogen) atoms. The number of nitrogens with zero attached hydrogens (tertiary/aromatic N) is 1. The molecule has 2 unspecified atom stereocenters. The van der Waals surface area contributed by atoms with Gasteiger partial charge in [0.1, 0.15) is 18.3 Å². The summed E-state index contributed by atoms with van der Waals surface area (Å²) in [4.78, 5) is 37.1. The molecule has 1 aromatic rings. The van der Waals surface area contributed by atoms with E-state index in [1.807, 2.05) is 6.92 Å². The van der Waals surface area contributed by atoms with Gasteiger partial charge in [0.15, 0.2) is 11.5 Å². The highest BCUT2D eigenvalue weighted by Crippen LogP contribution is 2.62. The van der Waals surface area contributed by atoms with Crippen LogP contribution in [0.25, 0.3) is 0 Å². The number of hydrogen-bond acceptors (Lipinski definition) is 10. The van der Waals surface area contributed by atoms with Crippen LogP contribution in [0.15, 0.2) is 35.9 Å². The van der Waals surface area contributed by atoms with Gasteiger partial charge in [-0.05, 0) is 55.4 Å². The second kappa shape index (κ2) is 9.95. The van der Waals surface area contributed by atoms with Gasteiger partial charge in [0.25, 0.3) is 5.69 Å². The lowest BCUT2D eigenvalue weighted by Crippen LogP contribution is -2.57. The molecule has 2 heterocycles. The van der Waals surface area contributed by atoms with Crippen LogP contribution in [0, 0.1) is 32.8 Å². The third-order valence-corrected chi connectivity index (χ3v) is 9.40. The molecule has 2 aliphatic heterocycles. The van der Waals surface area contributed by atoms with E-state index >= 15 is 0 Å². The molecule has 2 N–H and O–H groups in total. The summed E-state index contributed by atoms with van der Waals surface area (Å²) in [6, 6.07) is 2.34. The highest BCUT2D eigenvalue weighted by Gasteiger charge is 2.58. The first-order valence-corrected chi connectivity index (χ1v) is 13.1. The second-order valence-corrected chi connectivity index (χ2v) is 11.4. The van der Waals surface area contributed by atoms with Crippen molar-refractivity contribution in [1.82, 2.24) is 0 Å². The number of cyclic esters (lactones) is 1. The Hall–Kier alpha value is -3.44. The fourth-order valence-corrected chi connectivity index (χ4v) is 7.16. The first-order chi connectivity index (χ1) is 18.5. The molecule has 0 aromatic heterocycles. The quantitative estimate of drug-likeness (QED) is 0.226. The highest BCUT2D eigenvalue weighted by atomic mass is 16.7. The Kier molecular flexibility index (Phi) is 6.92. The molecule has 0 bridgehead atoms. The molecule has 5 rings (SSSR count). The van der Waals surface area contributed by atoms with Crippen LogP contribution < -0.4 is 9.47 Å². The number of hydrogen-bond donors (Lipinski definition) is 2. The lowest BCUT2D eigenvalue weighted by atomic mass is 9.46. The Balaban J connectivity index is 1.48. The van der Waals surface area contributed by atoms with Crippen molar-refractivity contribution >= 4 is 17.6 Å². The summed E-state index contributed by atoms with van der Waals surface area (Å²) in [5, 5.41) is 32.9. The normalized spacial score (nSPS) is 32.2. The zero-order valence-electron chi connectivity index (χ0n) is 22.0. The second-order valence-electron chi connectivity index (χ2n) is 11.4. The SMILES string of the molecule is C=C1CCC2[C@](C)(CC[C@@H](O)[C@]2(C)CO)[C@H]1CC(OC(=O)c1cc2c(cc1[N+](=O)[O-])OCO2)C1=CCOC1=O. The van der Waals surface area contributed by atoms with E-state index < -0.39 is 45.6 Å². The zero-order chi connectivity index (χ0) is 28.1. The number of nitro benzene ring substituents is 1. The van der Waals surface area contributed by atoms with E-state index in [1.165, 1.54) is 6.07 Å². The predicted octanol–water partition coefficient (Wildman–Crippen LogP) is 3.46. The summed E-state index contributed by atoms with van der Waals surface area (Å²) in [7, 11) is 0. The highest BCUT2D eigenvalue weighted by molar-refractivity contribution is 5.97. The van der Waals surface area contributed by atoms with E-state index in [0.29, 0.717) is 19.3 Å². The van der Waals surface area contributed by atoms with Gasteiger partial charge < -0.3 is 29.2 Å². The third-order valence-electron chi connectivity index (χ3n) is 9.40. The van der Waals surface area contributed by atoms with Gasteiger partial charge in [-0.25, -0.2) is 9.59 Å². The molecule has 2 aliphatic carbocycles. The average Bonchev–Trinajstić information content (AvgIpc) is 3.55. The molecule has 0 amide bonds. The maximum Gasteiger partial charge on any atom is 0.345 e. The maximum absolute atomic E-state index is 13.4. The Morgan fingerprint density at radius 1 is 1.26 bits per heavy atom. The van der Waals surface area contributed by atoms with Crippen molar-refractivity contribution in [3.63, 3.8) is 0 Å². The third kappa shape index (κ3) is 4.47. The topological polar surface area (TPSA) is 155 Å². The van der Waals surface area contributed by atoms with Crippen LogP contribution in [0.4, 0.5) is 5.69 Å². The van der Waals surface area contributed by atoms with Gasteiger partial charge in [0.05, 0.1) is 29.3 Å². The van der Waals surface area contributed by atoms with Gasteiger partial charge in [0, 0.05) is 11.5 Å². The van der Waals surface area contributed by atoms with Crippen molar-refractivity contribution in [3.05, 3.63) is 51.6 Å². The van der Waals surface area contributed by atoms with Gasteiger partial charge in [-0.3, -0.25) is 10.1 Å². The Labute approximate surface area is 225 Å². The molecule has 0 radical (unpaired) electrons. The Bertz CT molecular complexity index is 1260. The van der Waals surface area contributed by atoms with Crippen LogP contribution in [0.5, 0.6) is 11.5 Å². The number of fused-ring (bicyclic) bond motifs is 2. The number of carbonyl (C=O) groups excluding carboxylic acids is 2. The van der Waals surface area contributed by atoms with E-state index in [0.717, 1.165) is 18.1 Å². The molecule has 2 saturated carbocycles. The summed E-state index contributed by atoms with van der Waals surface area (Å²) >= 11 is 0. The molecule has 4 aliphatic rings. The first-order valence-electron chi connectivity index (χ1n) is 13.1. The summed E-state index contributed by atoms with van der Waals surface area (Å²) < 4.78 is 21.5. The Morgan fingerprint density at radius 2 is 1.97 bits per heavy atom. The molecule has 2 fully saturated rings. The number of nitro groups is 1. The van der Waals surface area contributed by atoms with Gasteiger partial charge in [0.2, 0.25) is 6.79 Å². The summed E-state index contributed by atoms with van der Waals surface area (Å²) in [5.74, 6) is -1.51. The summed E-state index contributed by atoms with van der Waals surface area (Å²) in [6.07, 6.45) is 2.62. The lowest BCUT2D eigenvalue weighted by Gasteiger charge is -2.60. The minimum Gasteiger partial charge on any atom is -0.458 e. The van der Waals surface area contributed by atoms with Crippen molar-refractivity contribution < 1.29 is 43.7 Å². The summed E-state index contributed by atoms with van der Waals surface area (Å²) in [5.41, 5.74) is -0.818. The number of allylic oxidation sites excluding steroid dienone is 1. The van der Waals surface area contributed by atoms with Crippen LogP contribution >= 0.6 is 0 Å². The van der Waals surface area contributed by atoms with Crippen LogP contribution in [0.3, 0.4) is 0 Å². The van der Waals surface area contributed by atoms with Crippen LogP contribution in [0.2, 0.25) is 0 Å². The van der Waals surface area contributed by atoms with E-state index in [4.69, 9.17) is 18.9 Å². The Morgan fingerprint density at radius 3 is 2.62 bits per heavy atom. The van der Waals surface area contributed by atoms with E-state index in [1.54, 1.807) is 6.08 Å². The molecule has 6 atom stereocenters. The number of ether oxygens (including phenoxy) is 4. The van der Waals surface area contributed by atoms with Crippen molar-refractivity contribution in [1.29, 1.82) is 0 Å². The predicted molar refractivity (Wildman–Crippen MR) is 136 cm³/mol. The molecule has 11 heteroatoms. The van der Waals surface area contributed by atoms with Gasteiger partial charge >= 0.3 is 11.9 Å². The number of aliphatic hydroxyl groups is 2. The van der Waals surface area contributed by atoms with Crippen molar-refractivity contribution in [2.24, 2.45) is 22.7 Å². The van der Waals surface area contributed by atoms with Gasteiger partial charge in [-0.2, -0.15) is 0 Å². The average molecular weight is 544 g/mol. The van der Waals surface area contributed by atoms with E-state index in [2.05, 4.69) is 13.5 Å². The lowest BCUT2D eigenvalue weighted by molar-refractivity contribution is -0.385. The number of esters is 2. The fourth-order valence-electron chi connectivity index (χ4n) is 7.16. The number of carbonyl (C=O) groups is 2. The van der Waals surface area contributed by atoms with E-state index in [9.17, 15) is 29.9 Å². The standard InChI is InChI=1S/C28H33NO10/c1-15-4-5-23-27(2,8-6-24(31)28(23,3)13-30)18(15)11-20(16-7-9-36-25(16)32)39-26(33)17-10-21-22(38-14-37-21)12-19(17)29(34)35/h7,10,12,18,20,23-24,30-31H,1,4-6,8-9,11,13-14H2,2-3H3/t18-,20?,23?,24+,27+,28+/m0/s1. The zero-order valence-corrected chi connectivity index (χ0v) is 22.0. The fraction of sp³-hybridized carbons (Fsp3) is 0.571. The smallest absolute Gasteiger partial charge is 0.345 e. The largest absolute Gasteiger partial charge is 0.458 e. The maximum atomic E-state index is 13.4. The van der Waals surface area contributed by atoms with E-state index in [-0.39, 0.29) is 60.9 Å². The molecule has 0 spiro atoms. The molecular formula is C28H33NO10. The van der Waals surface area contributed by atoms with Crippen molar-refractivity contribution in [3.8, 4) is 11.5 Å². The van der Waals surface area contributed by atoms with Gasteiger partial charge in [-0.15, -0.1) is 0 Å². The van der Waals surface area contributed by atoms with Gasteiger partial charge in [-0.1, -0.05) is 26.0 Å². The molecule has 210 valence electrons. The molecule has 11 nitrogen and oxygen atoms in total. The monoisotopic (exact) mass is 543 g/mol. The van der Waals surface area contributed by atoms with Crippen LogP contribution in [-0.2, 0) is 14.3 Å². The number of benzene rings is 1. The number of aliphatic hydroxyl groups excluding tert-OH is 2. The van der Waals surface area contributed by atoms with Crippen molar-refractivity contribution in [2.75, 3.05) is 20.0 Å². The molecule has 1 aromatic carbocycles. The minimum atomic E-state index is -1.05. The van der Waals surface area contributed by atoms with Crippen molar-refractivity contribution in [2.45, 2.75) is 58.2 Å². The summed E-state index contributed by atoms with van der Waals surface area (Å²) in [6.45, 7) is 8.06.